The van der Waals surface area contributed by atoms with Crippen molar-refractivity contribution in [1.29, 1.82) is 0 Å². The van der Waals surface area contributed by atoms with Crippen molar-refractivity contribution in [3.8, 4) is 0 Å². The summed E-state index contributed by atoms with van der Waals surface area (Å²) in [5.41, 5.74) is 3.47. The van der Waals surface area contributed by atoms with Gasteiger partial charge >= 0.3 is 0 Å². The monoisotopic (exact) mass is 577 g/mol. The van der Waals surface area contributed by atoms with Gasteiger partial charge in [-0.3, -0.25) is 4.79 Å². The zero-order valence-electron chi connectivity index (χ0n) is 27.0. The number of aryl methyl sites for hydroxylation is 1. The van der Waals surface area contributed by atoms with E-state index in [0.717, 1.165) is 48.8 Å². The van der Waals surface area contributed by atoms with Crippen molar-refractivity contribution in [3.63, 3.8) is 0 Å². The number of aliphatic hydroxyl groups excluding tert-OH is 1. The lowest BCUT2D eigenvalue weighted by Gasteiger charge is -2.32. The minimum atomic E-state index is -1.50. The first kappa shape index (κ1) is 35.9. The fraction of sp³-hybridized carbons (Fsp3) is 0.758. The van der Waals surface area contributed by atoms with Crippen LogP contribution in [0.25, 0.3) is 6.08 Å². The topological polar surface area (TPSA) is 59.4 Å². The summed E-state index contributed by atoms with van der Waals surface area (Å²) < 4.78 is 6.06. The van der Waals surface area contributed by atoms with Gasteiger partial charge in [0.05, 0.1) is 10.7 Å². The van der Waals surface area contributed by atoms with Crippen LogP contribution in [0.4, 0.5) is 0 Å². The van der Waals surface area contributed by atoms with Crippen molar-refractivity contribution in [2.75, 3.05) is 0 Å². The van der Waals surface area contributed by atoms with E-state index in [0.29, 0.717) is 24.5 Å². The van der Waals surface area contributed by atoms with Crippen LogP contribution < -0.4 is 0 Å². The smallest absolute Gasteiger partial charge is 0.185 e. The Morgan fingerprint density at radius 3 is 2.36 bits per heavy atom. The molecule has 4 atom stereocenters. The molecule has 0 saturated carbocycles. The lowest BCUT2D eigenvalue weighted by Crippen LogP contribution is -2.35. The van der Waals surface area contributed by atoms with E-state index in [-0.39, 0.29) is 11.0 Å². The predicted octanol–water partition coefficient (Wildman–Crippen LogP) is 9.67. The zero-order valence-corrected chi connectivity index (χ0v) is 29.0. The van der Waals surface area contributed by atoms with Crippen molar-refractivity contribution in [2.24, 2.45) is 17.3 Å². The highest BCUT2D eigenvalue weighted by Crippen LogP contribution is 2.34. The molecule has 0 amide bonds. The largest absolute Gasteiger partial charge is 0.395 e. The highest BCUT2D eigenvalue weighted by atomic mass is 32.1. The van der Waals surface area contributed by atoms with Gasteiger partial charge in [-0.15, -0.1) is 11.3 Å². The van der Waals surface area contributed by atoms with Crippen molar-refractivity contribution >= 4 is 32.2 Å². The summed E-state index contributed by atoms with van der Waals surface area (Å²) >= 11 is 1.70. The normalized spacial score (nSPS) is 16.7. The molecule has 1 aromatic rings. The molecule has 224 valence electrons. The Morgan fingerprint density at radius 1 is 1.13 bits per heavy atom. The maximum Gasteiger partial charge on any atom is 0.185 e. The summed E-state index contributed by atoms with van der Waals surface area (Å²) in [5, 5.41) is 13.9. The van der Waals surface area contributed by atoms with Crippen LogP contribution in [0.5, 0.6) is 0 Å². The van der Waals surface area contributed by atoms with Crippen LogP contribution in [0.1, 0.15) is 131 Å². The molecule has 0 fully saturated rings. The number of nitrogens with zero attached hydrogens (tertiary/aromatic N) is 1. The minimum absolute atomic E-state index is 0.0355. The second-order valence-electron chi connectivity index (χ2n) is 13.6. The van der Waals surface area contributed by atoms with Crippen molar-refractivity contribution in [1.82, 2.24) is 4.98 Å². The van der Waals surface area contributed by atoms with E-state index >= 15 is 0 Å². The summed E-state index contributed by atoms with van der Waals surface area (Å²) in [5.74, 6) is 0.874. The van der Waals surface area contributed by atoms with E-state index in [9.17, 15) is 9.90 Å². The van der Waals surface area contributed by atoms with Crippen molar-refractivity contribution < 1.29 is 14.3 Å². The average Bonchev–Trinajstić information content (AvgIpc) is 3.24. The Kier molecular flexibility index (Phi) is 15.7. The second kappa shape index (κ2) is 17.0. The molecule has 0 aliphatic carbocycles. The molecular formula is C33H59NO3SSi. The van der Waals surface area contributed by atoms with E-state index in [4.69, 9.17) is 4.43 Å². The first-order valence-corrected chi connectivity index (χ1v) is 17.9. The Morgan fingerprint density at radius 2 is 1.79 bits per heavy atom. The van der Waals surface area contributed by atoms with Crippen LogP contribution in [0.2, 0.25) is 11.1 Å². The number of aliphatic hydroxyl groups is 1. The van der Waals surface area contributed by atoms with Gasteiger partial charge in [0.1, 0.15) is 12.1 Å². The number of carbonyl (C=O) groups is 1. The fourth-order valence-corrected chi connectivity index (χ4v) is 8.33. The number of ketones is 1. The molecule has 39 heavy (non-hydrogen) atoms. The third-order valence-electron chi connectivity index (χ3n) is 7.88. The molecular weight excluding hydrogens is 519 g/mol. The molecule has 0 saturated heterocycles. The molecule has 0 bridgehead atoms. The highest BCUT2D eigenvalue weighted by molar-refractivity contribution is 7.09. The third-order valence-corrected chi connectivity index (χ3v) is 12.0. The van der Waals surface area contributed by atoms with E-state index in [1.807, 2.05) is 20.8 Å². The van der Waals surface area contributed by atoms with E-state index in [1.165, 1.54) is 17.6 Å². The SMILES string of the molecule is CC[SiH](O[C@H](O)CCC(C)(C)C(=O)[C@@H](C)C[C@H](C)CCC/C(C)=C/CC/C(C)=C/c1csc(C)n1)C(C)(C)C. The molecule has 1 rings (SSSR count). The fourth-order valence-electron chi connectivity index (χ4n) is 5.42. The third kappa shape index (κ3) is 14.4. The molecule has 1 unspecified atom stereocenters. The molecule has 6 heteroatoms. The van der Waals surface area contributed by atoms with Gasteiger partial charge < -0.3 is 9.53 Å². The minimum Gasteiger partial charge on any atom is -0.395 e. The number of Topliss-reactive ketones (excluding diaryl/α,β-unsaturated/α-hetero) is 1. The molecule has 1 aromatic heterocycles. The molecule has 4 nitrogen and oxygen atoms in total. The lowest BCUT2D eigenvalue weighted by molar-refractivity contribution is -0.132. The molecule has 1 N–H and O–H groups in total. The van der Waals surface area contributed by atoms with Crippen molar-refractivity contribution in [3.05, 3.63) is 33.3 Å². The second-order valence-corrected chi connectivity index (χ2v) is 18.5. The Balaban J connectivity index is 2.39. The summed E-state index contributed by atoms with van der Waals surface area (Å²) in [4.78, 5) is 17.8. The maximum atomic E-state index is 13.3. The Bertz CT molecular complexity index is 928. The van der Waals surface area contributed by atoms with Gasteiger partial charge in [-0.25, -0.2) is 4.98 Å². The van der Waals surface area contributed by atoms with Gasteiger partial charge in [0.15, 0.2) is 9.04 Å². The maximum absolute atomic E-state index is 13.3. The van der Waals surface area contributed by atoms with Gasteiger partial charge in [-0.1, -0.05) is 79.0 Å². The highest BCUT2D eigenvalue weighted by Gasteiger charge is 2.34. The van der Waals surface area contributed by atoms with Gasteiger partial charge in [-0.2, -0.15) is 0 Å². The molecule has 0 spiro atoms. The summed E-state index contributed by atoms with van der Waals surface area (Å²) in [6.07, 6.45) is 11.5. The van der Waals surface area contributed by atoms with Crippen LogP contribution in [0.15, 0.2) is 22.6 Å². The standard InChI is InChI=1S/C33H59NO3SSi/c1-12-39(32(7,8)9)37-30(35)19-20-33(10,11)31(36)27(5)21-25(3)17-13-15-24(2)16-14-18-26(4)22-29-23-38-28(6)34-29/h16,22-23,25,27,30,35,39H,12-15,17-21H2,1-11H3/b24-16+,26-22+/t25-,27+,30+,39?/m1/s1. The summed E-state index contributed by atoms with van der Waals surface area (Å²) in [6, 6.07) is 0.998. The lowest BCUT2D eigenvalue weighted by atomic mass is 9.75. The molecule has 0 aliphatic rings. The summed E-state index contributed by atoms with van der Waals surface area (Å²) in [7, 11) is -1.50. The number of thiazole rings is 1. The van der Waals surface area contributed by atoms with Crippen LogP contribution in [0.3, 0.4) is 0 Å². The zero-order chi connectivity index (χ0) is 29.8. The number of hydrogen-bond acceptors (Lipinski definition) is 5. The van der Waals surface area contributed by atoms with E-state index < -0.39 is 20.7 Å². The first-order chi connectivity index (χ1) is 18.0. The average molecular weight is 578 g/mol. The van der Waals surface area contributed by atoms with Crippen LogP contribution in [-0.2, 0) is 9.22 Å². The Labute approximate surface area is 246 Å². The molecule has 0 aromatic carbocycles. The van der Waals surface area contributed by atoms with Crippen LogP contribution >= 0.6 is 11.3 Å². The number of aromatic nitrogens is 1. The van der Waals surface area contributed by atoms with E-state index in [2.05, 4.69) is 77.9 Å². The van der Waals surface area contributed by atoms with Crippen LogP contribution in [0, 0.1) is 24.2 Å². The number of hydrogen-bond donors (Lipinski definition) is 1. The number of allylic oxidation sites excluding steroid dienone is 3. The van der Waals surface area contributed by atoms with Gasteiger partial charge in [-0.05, 0) is 88.8 Å². The molecule has 0 radical (unpaired) electrons. The summed E-state index contributed by atoms with van der Waals surface area (Å²) in [6.45, 7) is 23.6. The Hall–Kier alpha value is -1.08. The number of rotatable bonds is 18. The van der Waals surface area contributed by atoms with E-state index in [1.54, 1.807) is 11.3 Å². The molecule has 1 heterocycles. The molecule has 0 aliphatic heterocycles. The predicted molar refractivity (Wildman–Crippen MR) is 173 cm³/mol. The van der Waals surface area contributed by atoms with Gasteiger partial charge in [0.2, 0.25) is 0 Å². The van der Waals surface area contributed by atoms with Gasteiger partial charge in [0, 0.05) is 16.7 Å². The quantitative estimate of drug-likeness (QED) is 0.107. The van der Waals surface area contributed by atoms with Crippen LogP contribution in [-0.4, -0.2) is 31.2 Å². The first-order valence-electron chi connectivity index (χ1n) is 15.2. The number of carbonyl (C=O) groups excluding carboxylic acids is 1. The van der Waals surface area contributed by atoms with Crippen molar-refractivity contribution in [2.45, 2.75) is 145 Å². The van der Waals surface area contributed by atoms with Gasteiger partial charge in [0.25, 0.3) is 0 Å².